The Hall–Kier alpha value is -0.380. The van der Waals surface area contributed by atoms with Crippen molar-refractivity contribution in [1.82, 2.24) is 0 Å². The maximum absolute atomic E-state index is 9.54. The number of hydrogen-bond acceptors (Lipinski definition) is 3. The lowest BCUT2D eigenvalue weighted by Gasteiger charge is -2.16. The first-order valence-corrected chi connectivity index (χ1v) is 5.65. The molecule has 0 spiro atoms. The minimum Gasteiger partial charge on any atom is -0.398 e. The minimum absolute atomic E-state index is 0.610. The Morgan fingerprint density at radius 2 is 2.14 bits per heavy atom. The largest absolute Gasteiger partial charge is 0.398 e. The zero-order valence-corrected chi connectivity index (χ0v) is 9.82. The van der Waals surface area contributed by atoms with Gasteiger partial charge in [-0.3, -0.25) is 0 Å². The number of aliphatic hydroxyl groups is 1. The van der Waals surface area contributed by atoms with Gasteiger partial charge in [-0.05, 0) is 32.0 Å². The van der Waals surface area contributed by atoms with E-state index >= 15 is 0 Å². The van der Waals surface area contributed by atoms with E-state index in [1.54, 1.807) is 26.0 Å². The number of benzene rings is 1. The second kappa shape index (κ2) is 4.43. The third kappa shape index (κ3) is 3.78. The molecular formula is C10H14ClNOS. The molecule has 1 aromatic rings. The van der Waals surface area contributed by atoms with Gasteiger partial charge in [0.2, 0.25) is 0 Å². The Morgan fingerprint density at radius 3 is 2.64 bits per heavy atom. The summed E-state index contributed by atoms with van der Waals surface area (Å²) in [5.74, 6) is 0.610. The molecule has 0 atom stereocenters. The third-order valence-electron chi connectivity index (χ3n) is 1.55. The van der Waals surface area contributed by atoms with Gasteiger partial charge >= 0.3 is 0 Å². The molecule has 2 nitrogen and oxygen atoms in total. The van der Waals surface area contributed by atoms with Crippen molar-refractivity contribution >= 4 is 29.1 Å². The van der Waals surface area contributed by atoms with Gasteiger partial charge in [0.05, 0.1) is 5.60 Å². The van der Waals surface area contributed by atoms with Gasteiger partial charge in [-0.1, -0.05) is 11.6 Å². The number of nitrogen functional groups attached to an aromatic ring is 1. The van der Waals surface area contributed by atoms with Gasteiger partial charge in [-0.15, -0.1) is 11.8 Å². The average Bonchev–Trinajstić information content (AvgIpc) is 2.00. The number of anilines is 1. The summed E-state index contributed by atoms with van der Waals surface area (Å²) in [5.41, 5.74) is 5.74. The summed E-state index contributed by atoms with van der Waals surface area (Å²) in [6.45, 7) is 3.54. The molecule has 0 aliphatic heterocycles. The van der Waals surface area contributed by atoms with Crippen LogP contribution in [-0.4, -0.2) is 16.5 Å². The summed E-state index contributed by atoms with van der Waals surface area (Å²) in [4.78, 5) is 0.955. The van der Waals surface area contributed by atoms with Gasteiger partial charge in [-0.25, -0.2) is 0 Å². The zero-order valence-electron chi connectivity index (χ0n) is 8.25. The summed E-state index contributed by atoms with van der Waals surface area (Å²) in [5, 5.41) is 10.2. The Balaban J connectivity index is 2.68. The van der Waals surface area contributed by atoms with Crippen molar-refractivity contribution in [3.05, 3.63) is 23.2 Å². The van der Waals surface area contributed by atoms with Crippen LogP contribution in [0.5, 0.6) is 0 Å². The average molecular weight is 232 g/mol. The van der Waals surface area contributed by atoms with E-state index in [0.717, 1.165) is 4.90 Å². The van der Waals surface area contributed by atoms with Gasteiger partial charge in [0.25, 0.3) is 0 Å². The highest BCUT2D eigenvalue weighted by atomic mass is 35.5. The quantitative estimate of drug-likeness (QED) is 0.621. The maximum atomic E-state index is 9.54. The fraction of sp³-hybridized carbons (Fsp3) is 0.400. The van der Waals surface area contributed by atoms with E-state index in [-0.39, 0.29) is 0 Å². The molecule has 0 amide bonds. The second-order valence-corrected chi connectivity index (χ2v) is 5.24. The first kappa shape index (κ1) is 11.7. The first-order chi connectivity index (χ1) is 6.38. The first-order valence-electron chi connectivity index (χ1n) is 4.29. The van der Waals surface area contributed by atoms with Gasteiger partial charge in [-0.2, -0.15) is 0 Å². The van der Waals surface area contributed by atoms with Crippen LogP contribution in [0.3, 0.4) is 0 Å². The predicted molar refractivity (Wildman–Crippen MR) is 62.9 cm³/mol. The van der Waals surface area contributed by atoms with Gasteiger partial charge in [0.15, 0.2) is 0 Å². The molecule has 0 aliphatic carbocycles. The number of thioether (sulfide) groups is 1. The van der Waals surface area contributed by atoms with Crippen molar-refractivity contribution in [2.45, 2.75) is 24.3 Å². The summed E-state index contributed by atoms with van der Waals surface area (Å²) in [6, 6.07) is 5.38. The van der Waals surface area contributed by atoms with Crippen molar-refractivity contribution in [2.24, 2.45) is 0 Å². The fourth-order valence-electron chi connectivity index (χ4n) is 0.905. The van der Waals surface area contributed by atoms with Gasteiger partial charge in [0.1, 0.15) is 0 Å². The van der Waals surface area contributed by atoms with Crippen LogP contribution in [0, 0.1) is 0 Å². The second-order valence-electron chi connectivity index (χ2n) is 3.78. The van der Waals surface area contributed by atoms with Gasteiger partial charge in [0, 0.05) is 21.4 Å². The van der Waals surface area contributed by atoms with Crippen LogP contribution >= 0.6 is 23.4 Å². The molecule has 0 saturated carbocycles. The predicted octanol–water partition coefficient (Wildman–Crippen LogP) is 2.79. The van der Waals surface area contributed by atoms with Crippen LogP contribution in [0.2, 0.25) is 5.02 Å². The molecule has 0 aromatic heterocycles. The standard InChI is InChI=1S/C10H14ClNOS/c1-10(2,13)6-14-9-4-3-7(11)5-8(9)12/h3-5,13H,6,12H2,1-2H3. The Morgan fingerprint density at radius 1 is 1.50 bits per heavy atom. The van der Waals surface area contributed by atoms with Crippen molar-refractivity contribution in [1.29, 1.82) is 0 Å². The Bertz CT molecular complexity index is 322. The molecule has 78 valence electrons. The van der Waals surface area contributed by atoms with E-state index < -0.39 is 5.60 Å². The van der Waals surface area contributed by atoms with Crippen LogP contribution in [0.25, 0.3) is 0 Å². The molecule has 0 aliphatic rings. The summed E-state index contributed by atoms with van der Waals surface area (Å²) in [7, 11) is 0. The molecule has 14 heavy (non-hydrogen) atoms. The van der Waals surface area contributed by atoms with Crippen molar-refractivity contribution in [2.75, 3.05) is 11.5 Å². The van der Waals surface area contributed by atoms with Crippen LogP contribution in [0.15, 0.2) is 23.1 Å². The molecule has 4 heteroatoms. The summed E-state index contributed by atoms with van der Waals surface area (Å²) >= 11 is 7.30. The molecular weight excluding hydrogens is 218 g/mol. The van der Waals surface area contributed by atoms with Crippen LogP contribution in [0.1, 0.15) is 13.8 Å². The van der Waals surface area contributed by atoms with Crippen molar-refractivity contribution in [3.8, 4) is 0 Å². The van der Waals surface area contributed by atoms with E-state index in [0.29, 0.717) is 16.5 Å². The van der Waals surface area contributed by atoms with E-state index in [9.17, 15) is 5.11 Å². The molecule has 1 aromatic carbocycles. The SMILES string of the molecule is CC(C)(O)CSc1ccc(Cl)cc1N. The fourth-order valence-corrected chi connectivity index (χ4v) is 1.98. The smallest absolute Gasteiger partial charge is 0.0685 e. The monoisotopic (exact) mass is 231 g/mol. The number of hydrogen-bond donors (Lipinski definition) is 2. The highest BCUT2D eigenvalue weighted by Gasteiger charge is 2.13. The highest BCUT2D eigenvalue weighted by molar-refractivity contribution is 7.99. The topological polar surface area (TPSA) is 46.2 Å². The summed E-state index contributed by atoms with van der Waals surface area (Å²) < 4.78 is 0. The van der Waals surface area contributed by atoms with E-state index in [4.69, 9.17) is 17.3 Å². The lowest BCUT2D eigenvalue weighted by atomic mass is 10.2. The van der Waals surface area contributed by atoms with Crippen LogP contribution in [-0.2, 0) is 0 Å². The molecule has 0 saturated heterocycles. The van der Waals surface area contributed by atoms with Gasteiger partial charge < -0.3 is 10.8 Å². The zero-order chi connectivity index (χ0) is 10.8. The van der Waals surface area contributed by atoms with Crippen LogP contribution in [0.4, 0.5) is 5.69 Å². The Kier molecular flexibility index (Phi) is 3.70. The van der Waals surface area contributed by atoms with E-state index in [2.05, 4.69) is 0 Å². The third-order valence-corrected chi connectivity index (χ3v) is 3.32. The van der Waals surface area contributed by atoms with Crippen molar-refractivity contribution < 1.29 is 5.11 Å². The molecule has 0 bridgehead atoms. The minimum atomic E-state index is -0.684. The summed E-state index contributed by atoms with van der Waals surface area (Å²) in [6.07, 6.45) is 0. The molecule has 3 N–H and O–H groups in total. The van der Waals surface area contributed by atoms with Crippen LogP contribution < -0.4 is 5.73 Å². The Labute approximate surface area is 93.5 Å². The van der Waals surface area contributed by atoms with E-state index in [1.807, 2.05) is 6.07 Å². The van der Waals surface area contributed by atoms with Crippen molar-refractivity contribution in [3.63, 3.8) is 0 Å². The molecule has 1 rings (SSSR count). The number of nitrogens with two attached hydrogens (primary N) is 1. The lowest BCUT2D eigenvalue weighted by Crippen LogP contribution is -2.21. The number of halogens is 1. The highest BCUT2D eigenvalue weighted by Crippen LogP contribution is 2.29. The lowest BCUT2D eigenvalue weighted by molar-refractivity contribution is 0.107. The normalized spacial score (nSPS) is 11.7. The molecule has 0 radical (unpaired) electrons. The maximum Gasteiger partial charge on any atom is 0.0685 e. The molecule has 0 unspecified atom stereocenters. The molecule has 0 fully saturated rings. The number of rotatable bonds is 3. The van der Waals surface area contributed by atoms with E-state index in [1.165, 1.54) is 11.8 Å². The molecule has 0 heterocycles.